The van der Waals surface area contributed by atoms with E-state index in [1.165, 1.54) is 11.3 Å². The van der Waals surface area contributed by atoms with Crippen molar-refractivity contribution in [2.75, 3.05) is 30.7 Å². The molecule has 2 rings (SSSR count). The number of piperidine rings is 1. The fraction of sp³-hybridized carbons (Fsp3) is 0.667. The highest BCUT2D eigenvalue weighted by Crippen LogP contribution is 2.28. The van der Waals surface area contributed by atoms with E-state index in [-0.39, 0.29) is 17.6 Å². The van der Waals surface area contributed by atoms with Gasteiger partial charge in [-0.15, -0.1) is 0 Å². The second-order valence-electron chi connectivity index (χ2n) is 4.85. The summed E-state index contributed by atoms with van der Waals surface area (Å²) in [6.07, 6.45) is 0.353. The molecule has 1 fully saturated rings. The monoisotopic (exact) mass is 284 g/mol. The standard InChI is InChI=1S/C12H20N4O2S/c1-3-14-12-15-10(13)9(19-12)11(18)16-5-4-7(2)8(17)6-16/h7-8,17H,3-6,13H2,1-2H3,(H,14,15). The Morgan fingerprint density at radius 1 is 1.68 bits per heavy atom. The van der Waals surface area contributed by atoms with E-state index >= 15 is 0 Å². The summed E-state index contributed by atoms with van der Waals surface area (Å²) in [5.41, 5.74) is 5.79. The summed E-state index contributed by atoms with van der Waals surface area (Å²) in [4.78, 5) is 18.6. The molecule has 6 nitrogen and oxygen atoms in total. The number of hydrogen-bond donors (Lipinski definition) is 3. The molecular formula is C12H20N4O2S. The maximum atomic E-state index is 12.4. The molecule has 0 aromatic carbocycles. The van der Waals surface area contributed by atoms with Gasteiger partial charge in [0.05, 0.1) is 6.10 Å². The van der Waals surface area contributed by atoms with Crippen molar-refractivity contribution < 1.29 is 9.90 Å². The molecule has 1 aliphatic rings. The molecule has 2 unspecified atom stereocenters. The first-order valence-corrected chi connectivity index (χ1v) is 7.32. The minimum Gasteiger partial charge on any atom is -0.391 e. The number of amides is 1. The molecule has 0 spiro atoms. The number of nitrogens with two attached hydrogens (primary N) is 1. The van der Waals surface area contributed by atoms with Crippen molar-refractivity contribution in [3.05, 3.63) is 4.88 Å². The van der Waals surface area contributed by atoms with E-state index in [4.69, 9.17) is 5.73 Å². The second kappa shape index (κ2) is 5.75. The van der Waals surface area contributed by atoms with E-state index in [0.717, 1.165) is 13.0 Å². The fourth-order valence-corrected chi connectivity index (χ4v) is 3.01. The maximum Gasteiger partial charge on any atom is 0.267 e. The Morgan fingerprint density at radius 2 is 2.42 bits per heavy atom. The van der Waals surface area contributed by atoms with Crippen molar-refractivity contribution >= 4 is 28.2 Å². The van der Waals surface area contributed by atoms with Crippen molar-refractivity contribution in [1.29, 1.82) is 0 Å². The van der Waals surface area contributed by atoms with Gasteiger partial charge in [-0.3, -0.25) is 4.79 Å². The summed E-state index contributed by atoms with van der Waals surface area (Å²) in [6, 6.07) is 0. The van der Waals surface area contributed by atoms with Gasteiger partial charge in [0, 0.05) is 19.6 Å². The molecule has 0 bridgehead atoms. The topological polar surface area (TPSA) is 91.5 Å². The molecule has 1 amide bonds. The highest BCUT2D eigenvalue weighted by atomic mass is 32.1. The number of carbonyl (C=O) groups excluding carboxylic acids is 1. The first kappa shape index (κ1) is 14.1. The van der Waals surface area contributed by atoms with Gasteiger partial charge in [-0.2, -0.15) is 0 Å². The zero-order valence-corrected chi connectivity index (χ0v) is 12.0. The van der Waals surface area contributed by atoms with Crippen LogP contribution in [0, 0.1) is 5.92 Å². The Balaban J connectivity index is 2.11. The number of hydrogen-bond acceptors (Lipinski definition) is 6. The molecule has 1 saturated heterocycles. The highest BCUT2D eigenvalue weighted by molar-refractivity contribution is 7.18. The van der Waals surface area contributed by atoms with Crippen molar-refractivity contribution in [3.63, 3.8) is 0 Å². The summed E-state index contributed by atoms with van der Waals surface area (Å²) < 4.78 is 0. The Morgan fingerprint density at radius 3 is 3.05 bits per heavy atom. The number of nitrogen functional groups attached to an aromatic ring is 1. The Labute approximate surface area is 116 Å². The Kier molecular flexibility index (Phi) is 4.26. The molecule has 2 atom stereocenters. The minimum absolute atomic E-state index is 0.134. The van der Waals surface area contributed by atoms with Crippen LogP contribution in [0.4, 0.5) is 10.9 Å². The molecule has 0 radical (unpaired) electrons. The molecule has 4 N–H and O–H groups in total. The lowest BCUT2D eigenvalue weighted by Gasteiger charge is -2.34. The number of nitrogens with zero attached hydrogens (tertiary/aromatic N) is 2. The zero-order valence-electron chi connectivity index (χ0n) is 11.2. The first-order chi connectivity index (χ1) is 9.02. The summed E-state index contributed by atoms with van der Waals surface area (Å²) in [6.45, 7) is 5.72. The zero-order chi connectivity index (χ0) is 14.0. The number of aliphatic hydroxyl groups excluding tert-OH is 1. The number of likely N-dealkylation sites (tertiary alicyclic amines) is 1. The number of nitrogens with one attached hydrogen (secondary N) is 1. The van der Waals surface area contributed by atoms with E-state index in [1.807, 2.05) is 13.8 Å². The predicted octanol–water partition coefficient (Wildman–Crippen LogP) is 1.000. The second-order valence-corrected chi connectivity index (χ2v) is 5.85. The number of rotatable bonds is 3. The third-order valence-corrected chi connectivity index (χ3v) is 4.40. The summed E-state index contributed by atoms with van der Waals surface area (Å²) in [7, 11) is 0. The van der Waals surface area contributed by atoms with Gasteiger partial charge in [0.15, 0.2) is 5.13 Å². The van der Waals surface area contributed by atoms with Gasteiger partial charge in [0.2, 0.25) is 0 Å². The third-order valence-electron chi connectivity index (χ3n) is 3.38. The maximum absolute atomic E-state index is 12.4. The molecular weight excluding hydrogens is 264 g/mol. The van der Waals surface area contributed by atoms with Crippen LogP contribution in [0.5, 0.6) is 0 Å². The lowest BCUT2D eigenvalue weighted by molar-refractivity contribution is 0.0252. The van der Waals surface area contributed by atoms with Crippen LogP contribution in [0.15, 0.2) is 0 Å². The Hall–Kier alpha value is -1.34. The van der Waals surface area contributed by atoms with Crippen molar-refractivity contribution in [3.8, 4) is 0 Å². The molecule has 19 heavy (non-hydrogen) atoms. The van der Waals surface area contributed by atoms with Crippen molar-refractivity contribution in [1.82, 2.24) is 9.88 Å². The summed E-state index contributed by atoms with van der Waals surface area (Å²) in [5.74, 6) is 0.365. The van der Waals surface area contributed by atoms with Gasteiger partial charge < -0.3 is 21.1 Å². The van der Waals surface area contributed by atoms with E-state index in [9.17, 15) is 9.90 Å². The lowest BCUT2D eigenvalue weighted by Crippen LogP contribution is -2.45. The van der Waals surface area contributed by atoms with E-state index in [1.54, 1.807) is 4.90 Å². The Bertz CT molecular complexity index is 463. The molecule has 106 valence electrons. The summed E-state index contributed by atoms with van der Waals surface area (Å²) >= 11 is 1.27. The normalized spacial score (nSPS) is 23.4. The van der Waals surface area contributed by atoms with Gasteiger partial charge in [-0.1, -0.05) is 18.3 Å². The lowest BCUT2D eigenvalue weighted by atomic mass is 9.96. The van der Waals surface area contributed by atoms with E-state index in [0.29, 0.717) is 23.1 Å². The first-order valence-electron chi connectivity index (χ1n) is 6.50. The number of aliphatic hydroxyl groups is 1. The van der Waals surface area contributed by atoms with Crippen LogP contribution in [-0.2, 0) is 0 Å². The van der Waals surface area contributed by atoms with Gasteiger partial charge in [0.1, 0.15) is 10.7 Å². The number of anilines is 2. The van der Waals surface area contributed by atoms with Crippen LogP contribution in [-0.4, -0.2) is 46.6 Å². The van der Waals surface area contributed by atoms with Gasteiger partial charge in [-0.25, -0.2) is 4.98 Å². The molecule has 2 heterocycles. The molecule has 1 aromatic heterocycles. The van der Waals surface area contributed by atoms with Crippen LogP contribution in [0.2, 0.25) is 0 Å². The highest BCUT2D eigenvalue weighted by Gasteiger charge is 2.30. The van der Waals surface area contributed by atoms with Crippen LogP contribution >= 0.6 is 11.3 Å². The predicted molar refractivity (Wildman–Crippen MR) is 76.4 cm³/mol. The quantitative estimate of drug-likeness (QED) is 0.770. The number of aromatic nitrogens is 1. The molecule has 1 aliphatic heterocycles. The molecule has 0 saturated carbocycles. The number of β-amino-alcohol motifs (C(OH)–C–C–N with tert-alkyl or cyclic N) is 1. The van der Waals surface area contributed by atoms with Crippen LogP contribution in [0.3, 0.4) is 0 Å². The number of thiazole rings is 1. The third kappa shape index (κ3) is 2.98. The minimum atomic E-state index is -0.458. The van der Waals surface area contributed by atoms with Crippen LogP contribution in [0.25, 0.3) is 0 Å². The average molecular weight is 284 g/mol. The van der Waals surface area contributed by atoms with Gasteiger partial charge in [0.25, 0.3) is 5.91 Å². The van der Waals surface area contributed by atoms with Crippen LogP contribution in [0.1, 0.15) is 29.9 Å². The molecule has 1 aromatic rings. The smallest absolute Gasteiger partial charge is 0.267 e. The largest absolute Gasteiger partial charge is 0.391 e. The summed E-state index contributed by atoms with van der Waals surface area (Å²) in [5, 5.41) is 13.6. The van der Waals surface area contributed by atoms with Crippen molar-refractivity contribution in [2.45, 2.75) is 26.4 Å². The van der Waals surface area contributed by atoms with E-state index < -0.39 is 6.10 Å². The number of carbonyl (C=O) groups is 1. The van der Waals surface area contributed by atoms with E-state index in [2.05, 4.69) is 10.3 Å². The fourth-order valence-electron chi connectivity index (χ4n) is 2.09. The van der Waals surface area contributed by atoms with Crippen LogP contribution < -0.4 is 11.1 Å². The van der Waals surface area contributed by atoms with Gasteiger partial charge >= 0.3 is 0 Å². The average Bonchev–Trinajstić information content (AvgIpc) is 2.73. The molecule has 7 heteroatoms. The van der Waals surface area contributed by atoms with Gasteiger partial charge in [-0.05, 0) is 19.3 Å². The SMILES string of the molecule is CCNc1nc(N)c(C(=O)N2CCC(C)C(O)C2)s1. The van der Waals surface area contributed by atoms with Crippen molar-refractivity contribution in [2.24, 2.45) is 5.92 Å². The molecule has 0 aliphatic carbocycles.